The smallest absolute Gasteiger partial charge is 0.222 e. The normalized spacial score (nSPS) is 20.2. The van der Waals surface area contributed by atoms with Gasteiger partial charge in [-0.3, -0.25) is 14.3 Å². The second-order valence-electron chi connectivity index (χ2n) is 7.56. The zero-order valence-electron chi connectivity index (χ0n) is 15.0. The molecule has 1 aromatic rings. The summed E-state index contributed by atoms with van der Waals surface area (Å²) >= 11 is 0. The van der Waals surface area contributed by atoms with E-state index in [1.165, 1.54) is 0 Å². The summed E-state index contributed by atoms with van der Waals surface area (Å²) in [7, 11) is 1.88. The number of aromatic nitrogens is 2. The maximum absolute atomic E-state index is 12.4. The number of piperidine rings is 1. The zero-order chi connectivity index (χ0) is 17.3. The molecule has 3 heterocycles. The van der Waals surface area contributed by atoms with Crippen molar-refractivity contribution in [1.29, 1.82) is 0 Å². The molecule has 2 fully saturated rings. The summed E-state index contributed by atoms with van der Waals surface area (Å²) in [6.45, 7) is 7.27. The van der Waals surface area contributed by atoms with E-state index >= 15 is 0 Å². The molecule has 0 bridgehead atoms. The average molecular weight is 332 g/mol. The van der Waals surface area contributed by atoms with E-state index in [0.29, 0.717) is 12.8 Å². The van der Waals surface area contributed by atoms with Gasteiger partial charge < -0.3 is 9.80 Å². The van der Waals surface area contributed by atoms with E-state index in [1.54, 1.807) is 0 Å². The molecule has 6 nitrogen and oxygen atoms in total. The highest BCUT2D eigenvalue weighted by Crippen LogP contribution is 2.40. The van der Waals surface area contributed by atoms with Crippen molar-refractivity contribution >= 4 is 11.8 Å². The van der Waals surface area contributed by atoms with E-state index < -0.39 is 0 Å². The second-order valence-corrected chi connectivity index (χ2v) is 7.56. The van der Waals surface area contributed by atoms with Crippen LogP contribution >= 0.6 is 0 Å². The zero-order valence-corrected chi connectivity index (χ0v) is 15.0. The van der Waals surface area contributed by atoms with E-state index in [4.69, 9.17) is 0 Å². The molecule has 0 N–H and O–H groups in total. The van der Waals surface area contributed by atoms with Crippen LogP contribution in [-0.2, 0) is 16.1 Å². The summed E-state index contributed by atoms with van der Waals surface area (Å²) in [4.78, 5) is 28.1. The van der Waals surface area contributed by atoms with Gasteiger partial charge in [-0.2, -0.15) is 5.10 Å². The van der Waals surface area contributed by atoms with Crippen LogP contribution in [0.5, 0.6) is 0 Å². The average Bonchev–Trinajstić information content (AvgIpc) is 2.99. The van der Waals surface area contributed by atoms with Gasteiger partial charge in [0, 0.05) is 57.2 Å². The third-order valence-electron chi connectivity index (χ3n) is 5.57. The molecule has 132 valence electrons. The predicted octanol–water partition coefficient (Wildman–Crippen LogP) is 1.75. The minimum atomic E-state index is 0.117. The van der Waals surface area contributed by atoms with Gasteiger partial charge in [-0.05, 0) is 39.2 Å². The fraction of sp³-hybridized carbons (Fsp3) is 0.722. The molecule has 1 aromatic heterocycles. The molecular formula is C18H28N4O2. The van der Waals surface area contributed by atoms with Gasteiger partial charge in [0.1, 0.15) is 0 Å². The summed E-state index contributed by atoms with van der Waals surface area (Å²) in [6, 6.07) is 2.06. The summed E-state index contributed by atoms with van der Waals surface area (Å²) in [6.07, 6.45) is 3.95. The summed E-state index contributed by atoms with van der Waals surface area (Å²) in [5.74, 6) is 0.490. The number of rotatable bonds is 4. The first-order chi connectivity index (χ1) is 11.4. The van der Waals surface area contributed by atoms with Crippen LogP contribution in [0.15, 0.2) is 6.07 Å². The van der Waals surface area contributed by atoms with Crippen molar-refractivity contribution in [3.05, 3.63) is 17.5 Å². The van der Waals surface area contributed by atoms with Gasteiger partial charge in [-0.1, -0.05) is 0 Å². The quantitative estimate of drug-likeness (QED) is 0.844. The third-order valence-corrected chi connectivity index (χ3v) is 5.57. The van der Waals surface area contributed by atoms with Crippen LogP contribution in [0.2, 0.25) is 0 Å². The maximum atomic E-state index is 12.4. The Kier molecular flexibility index (Phi) is 4.65. The Hall–Kier alpha value is -1.85. The highest BCUT2D eigenvalue weighted by molar-refractivity contribution is 5.79. The van der Waals surface area contributed by atoms with Crippen LogP contribution < -0.4 is 0 Å². The Morgan fingerprint density at radius 1 is 1.29 bits per heavy atom. The Labute approximate surface area is 143 Å². The molecule has 0 unspecified atom stereocenters. The van der Waals surface area contributed by atoms with Crippen molar-refractivity contribution in [2.75, 3.05) is 26.7 Å². The fourth-order valence-electron chi connectivity index (χ4n) is 4.11. The van der Waals surface area contributed by atoms with Gasteiger partial charge in [0.15, 0.2) is 0 Å². The molecule has 0 atom stereocenters. The summed E-state index contributed by atoms with van der Waals surface area (Å²) < 4.78 is 1.98. The van der Waals surface area contributed by atoms with Crippen LogP contribution in [0.1, 0.15) is 43.5 Å². The molecule has 0 aliphatic carbocycles. The number of carbonyl (C=O) groups excluding carboxylic acids is 2. The minimum absolute atomic E-state index is 0.117. The highest BCUT2D eigenvalue weighted by atomic mass is 16.2. The number of amides is 2. The van der Waals surface area contributed by atoms with Gasteiger partial charge in [0.25, 0.3) is 0 Å². The SMILES string of the molecule is Cc1cc(C)n(CCCC(=O)N2CCC3(CC2)CC(=O)N(C)C3)n1. The van der Waals surface area contributed by atoms with E-state index in [0.717, 1.165) is 56.8 Å². The number of likely N-dealkylation sites (tertiary alicyclic amines) is 2. The molecule has 2 aliphatic rings. The lowest BCUT2D eigenvalue weighted by Crippen LogP contribution is -2.44. The number of hydrogen-bond acceptors (Lipinski definition) is 3. The first-order valence-corrected chi connectivity index (χ1v) is 8.91. The lowest BCUT2D eigenvalue weighted by molar-refractivity contribution is -0.133. The third kappa shape index (κ3) is 3.47. The Morgan fingerprint density at radius 2 is 2.00 bits per heavy atom. The summed E-state index contributed by atoms with van der Waals surface area (Å²) in [5, 5.41) is 4.44. The van der Waals surface area contributed by atoms with Crippen LogP contribution in [0.25, 0.3) is 0 Å². The maximum Gasteiger partial charge on any atom is 0.222 e. The van der Waals surface area contributed by atoms with Gasteiger partial charge in [0.05, 0.1) is 5.69 Å². The topological polar surface area (TPSA) is 58.4 Å². The largest absolute Gasteiger partial charge is 0.345 e. The van der Waals surface area contributed by atoms with E-state index in [-0.39, 0.29) is 17.2 Å². The van der Waals surface area contributed by atoms with E-state index in [1.807, 2.05) is 35.4 Å². The Bertz CT molecular complexity index is 629. The van der Waals surface area contributed by atoms with Crippen LogP contribution in [0, 0.1) is 19.3 Å². The second kappa shape index (κ2) is 6.57. The number of carbonyl (C=O) groups is 2. The Morgan fingerprint density at radius 3 is 2.54 bits per heavy atom. The monoisotopic (exact) mass is 332 g/mol. The molecule has 0 saturated carbocycles. The molecule has 3 rings (SSSR count). The van der Waals surface area contributed by atoms with Crippen LogP contribution in [0.4, 0.5) is 0 Å². The predicted molar refractivity (Wildman–Crippen MR) is 91.4 cm³/mol. The molecule has 0 aromatic carbocycles. The van der Waals surface area contributed by atoms with Crippen molar-refractivity contribution in [3.63, 3.8) is 0 Å². The summed E-state index contributed by atoms with van der Waals surface area (Å²) in [5.41, 5.74) is 2.29. The first kappa shape index (κ1) is 17.0. The molecule has 0 radical (unpaired) electrons. The number of aryl methyl sites for hydroxylation is 3. The van der Waals surface area contributed by atoms with Gasteiger partial charge in [-0.25, -0.2) is 0 Å². The fourth-order valence-corrected chi connectivity index (χ4v) is 4.11. The molecule has 1 spiro atoms. The molecule has 2 aliphatic heterocycles. The van der Waals surface area contributed by atoms with Crippen molar-refractivity contribution in [3.8, 4) is 0 Å². The lowest BCUT2D eigenvalue weighted by Gasteiger charge is -2.38. The number of hydrogen-bond donors (Lipinski definition) is 0. The van der Waals surface area contributed by atoms with E-state index in [2.05, 4.69) is 11.2 Å². The van der Waals surface area contributed by atoms with Crippen molar-refractivity contribution in [2.24, 2.45) is 5.41 Å². The lowest BCUT2D eigenvalue weighted by atomic mass is 9.77. The molecule has 2 saturated heterocycles. The molecular weight excluding hydrogens is 304 g/mol. The molecule has 2 amide bonds. The van der Waals surface area contributed by atoms with Gasteiger partial charge in [-0.15, -0.1) is 0 Å². The highest BCUT2D eigenvalue weighted by Gasteiger charge is 2.44. The van der Waals surface area contributed by atoms with Crippen molar-refractivity contribution in [1.82, 2.24) is 19.6 Å². The van der Waals surface area contributed by atoms with Gasteiger partial charge >= 0.3 is 0 Å². The Balaban J connectivity index is 1.44. The van der Waals surface area contributed by atoms with Crippen molar-refractivity contribution in [2.45, 2.75) is 52.5 Å². The van der Waals surface area contributed by atoms with Crippen LogP contribution in [-0.4, -0.2) is 58.1 Å². The number of nitrogens with zero attached hydrogens (tertiary/aromatic N) is 4. The van der Waals surface area contributed by atoms with Gasteiger partial charge in [0.2, 0.25) is 11.8 Å². The standard InChI is InChI=1S/C18H28N4O2/c1-14-11-15(2)22(19-14)8-4-5-16(23)21-9-6-18(7-10-21)12-17(24)20(3)13-18/h11H,4-10,12-13H2,1-3H3. The minimum Gasteiger partial charge on any atom is -0.345 e. The van der Waals surface area contributed by atoms with Crippen molar-refractivity contribution < 1.29 is 9.59 Å². The molecule has 6 heteroatoms. The van der Waals surface area contributed by atoms with E-state index in [9.17, 15) is 9.59 Å². The molecule has 24 heavy (non-hydrogen) atoms. The first-order valence-electron chi connectivity index (χ1n) is 8.91. The van der Waals surface area contributed by atoms with Crippen LogP contribution in [0.3, 0.4) is 0 Å².